The third-order valence-corrected chi connectivity index (χ3v) is 3.43. The van der Waals surface area contributed by atoms with Crippen molar-refractivity contribution in [2.24, 2.45) is 0 Å². The van der Waals surface area contributed by atoms with E-state index in [2.05, 4.69) is 9.80 Å². The van der Waals surface area contributed by atoms with Gasteiger partial charge in [-0.05, 0) is 26.3 Å². The fraction of sp³-hybridized carbons (Fsp3) is 0.923. The maximum atomic E-state index is 11.9. The molecule has 0 spiro atoms. The third-order valence-electron chi connectivity index (χ3n) is 3.43. The lowest BCUT2D eigenvalue weighted by Gasteiger charge is -2.28. The maximum absolute atomic E-state index is 11.9. The van der Waals surface area contributed by atoms with E-state index in [9.17, 15) is 4.79 Å². The van der Waals surface area contributed by atoms with Crippen LogP contribution in [-0.4, -0.2) is 72.9 Å². The Hall–Kier alpha value is -0.650. The fourth-order valence-electron chi connectivity index (χ4n) is 2.48. The molecule has 1 heterocycles. The number of β-amino-alcohol motifs (C(OH)–C–C–N with tert-alkyl or cyclic N) is 1. The van der Waals surface area contributed by atoms with Crippen LogP contribution >= 0.6 is 0 Å². The van der Waals surface area contributed by atoms with Gasteiger partial charge in [-0.3, -0.25) is 14.6 Å². The summed E-state index contributed by atoms with van der Waals surface area (Å²) in [4.78, 5) is 16.3. The molecule has 5 nitrogen and oxygen atoms in total. The Morgan fingerprint density at radius 2 is 2.06 bits per heavy atom. The van der Waals surface area contributed by atoms with Crippen LogP contribution in [-0.2, 0) is 9.53 Å². The number of aliphatic hydroxyl groups excluding tert-OH is 1. The molecule has 1 saturated heterocycles. The molecule has 18 heavy (non-hydrogen) atoms. The summed E-state index contributed by atoms with van der Waals surface area (Å²) >= 11 is 0. The van der Waals surface area contributed by atoms with Gasteiger partial charge in [-0.2, -0.15) is 0 Å². The van der Waals surface area contributed by atoms with E-state index in [1.807, 2.05) is 13.8 Å². The van der Waals surface area contributed by atoms with Gasteiger partial charge in [0.05, 0.1) is 13.2 Å². The van der Waals surface area contributed by atoms with Crippen molar-refractivity contribution < 1.29 is 14.6 Å². The molecule has 0 radical (unpaired) electrons. The highest BCUT2D eigenvalue weighted by atomic mass is 16.5. The Labute approximate surface area is 110 Å². The molecule has 0 aromatic carbocycles. The average Bonchev–Trinajstić information content (AvgIpc) is 2.57. The minimum absolute atomic E-state index is 0.101. The largest absolute Gasteiger partial charge is 0.465 e. The van der Waals surface area contributed by atoms with Gasteiger partial charge in [-0.1, -0.05) is 6.92 Å². The molecule has 1 atom stereocenters. The number of hydrogen-bond donors (Lipinski definition) is 1. The van der Waals surface area contributed by atoms with Gasteiger partial charge < -0.3 is 9.84 Å². The van der Waals surface area contributed by atoms with Crippen LogP contribution < -0.4 is 0 Å². The van der Waals surface area contributed by atoms with E-state index in [-0.39, 0.29) is 18.6 Å². The first kappa shape index (κ1) is 15.4. The maximum Gasteiger partial charge on any atom is 0.323 e. The van der Waals surface area contributed by atoms with E-state index >= 15 is 0 Å². The Morgan fingerprint density at radius 3 is 2.67 bits per heavy atom. The molecule has 0 saturated carbocycles. The first-order valence-electron chi connectivity index (χ1n) is 6.96. The van der Waals surface area contributed by atoms with E-state index in [1.54, 1.807) is 0 Å². The number of esters is 1. The first-order valence-corrected chi connectivity index (χ1v) is 6.96. The van der Waals surface area contributed by atoms with Crippen LogP contribution in [0.25, 0.3) is 0 Å². The highest BCUT2D eigenvalue weighted by Gasteiger charge is 2.27. The Morgan fingerprint density at radius 1 is 1.28 bits per heavy atom. The lowest BCUT2D eigenvalue weighted by molar-refractivity contribution is -0.149. The number of ether oxygens (including phenoxy) is 1. The molecule has 0 aromatic rings. The molecule has 1 unspecified atom stereocenters. The molecular formula is C13H26N2O3. The number of rotatable bonds is 6. The Bertz CT molecular complexity index is 248. The van der Waals surface area contributed by atoms with E-state index in [1.165, 1.54) is 0 Å². The van der Waals surface area contributed by atoms with Crippen LogP contribution in [0, 0.1) is 0 Å². The molecule has 0 aromatic heterocycles. The van der Waals surface area contributed by atoms with Gasteiger partial charge in [0.2, 0.25) is 0 Å². The third kappa shape index (κ3) is 4.55. The summed E-state index contributed by atoms with van der Waals surface area (Å²) in [5, 5.41) is 8.96. The molecule has 0 aliphatic carbocycles. The zero-order valence-electron chi connectivity index (χ0n) is 11.6. The number of carbonyl (C=O) groups excluding carboxylic acids is 1. The highest BCUT2D eigenvalue weighted by molar-refractivity contribution is 5.75. The van der Waals surface area contributed by atoms with E-state index in [4.69, 9.17) is 9.84 Å². The van der Waals surface area contributed by atoms with Gasteiger partial charge in [0.1, 0.15) is 6.04 Å². The van der Waals surface area contributed by atoms with Crippen molar-refractivity contribution in [3.05, 3.63) is 0 Å². The number of hydrogen-bond acceptors (Lipinski definition) is 5. The normalized spacial score (nSPS) is 20.4. The van der Waals surface area contributed by atoms with Crippen molar-refractivity contribution in [1.82, 2.24) is 9.80 Å². The van der Waals surface area contributed by atoms with Gasteiger partial charge in [-0.25, -0.2) is 0 Å². The minimum atomic E-state index is -0.112. The zero-order valence-corrected chi connectivity index (χ0v) is 11.6. The van der Waals surface area contributed by atoms with Crippen LogP contribution in [0.3, 0.4) is 0 Å². The van der Waals surface area contributed by atoms with Gasteiger partial charge in [0.25, 0.3) is 0 Å². The standard InChI is InChI=1S/C13H26N2O3/c1-3-12(13(17)18-4-2)15-7-5-6-14(8-9-15)10-11-16/h12,16H,3-11H2,1-2H3. The van der Waals surface area contributed by atoms with Crippen LogP contribution in [0.2, 0.25) is 0 Å². The van der Waals surface area contributed by atoms with Crippen molar-refractivity contribution in [1.29, 1.82) is 0 Å². The topological polar surface area (TPSA) is 53.0 Å². The van der Waals surface area contributed by atoms with Crippen molar-refractivity contribution in [2.45, 2.75) is 32.7 Å². The van der Waals surface area contributed by atoms with Gasteiger partial charge in [0.15, 0.2) is 0 Å². The number of carbonyl (C=O) groups is 1. The molecule has 0 bridgehead atoms. The van der Waals surface area contributed by atoms with Gasteiger partial charge in [0, 0.05) is 26.2 Å². The molecule has 1 fully saturated rings. The van der Waals surface area contributed by atoms with Gasteiger partial charge in [-0.15, -0.1) is 0 Å². The molecule has 1 N–H and O–H groups in total. The van der Waals surface area contributed by atoms with E-state index in [0.29, 0.717) is 6.61 Å². The smallest absolute Gasteiger partial charge is 0.323 e. The Kier molecular flexibility index (Phi) is 7.23. The van der Waals surface area contributed by atoms with Crippen LogP contribution in [0.5, 0.6) is 0 Å². The van der Waals surface area contributed by atoms with Gasteiger partial charge >= 0.3 is 5.97 Å². The minimum Gasteiger partial charge on any atom is -0.465 e. The summed E-state index contributed by atoms with van der Waals surface area (Å²) in [5.41, 5.74) is 0. The summed E-state index contributed by atoms with van der Waals surface area (Å²) in [6, 6.07) is -0.112. The predicted molar refractivity (Wildman–Crippen MR) is 70.4 cm³/mol. The summed E-state index contributed by atoms with van der Waals surface area (Å²) < 4.78 is 5.13. The summed E-state index contributed by atoms with van der Waals surface area (Å²) in [7, 11) is 0. The first-order chi connectivity index (χ1) is 8.72. The van der Waals surface area contributed by atoms with Crippen LogP contribution in [0.15, 0.2) is 0 Å². The molecule has 106 valence electrons. The molecular weight excluding hydrogens is 232 g/mol. The average molecular weight is 258 g/mol. The number of nitrogens with zero attached hydrogens (tertiary/aromatic N) is 2. The lowest BCUT2D eigenvalue weighted by atomic mass is 10.2. The SMILES string of the molecule is CCOC(=O)C(CC)N1CCCN(CCO)CC1. The molecule has 5 heteroatoms. The van der Waals surface area contributed by atoms with Crippen LogP contribution in [0.1, 0.15) is 26.7 Å². The van der Waals surface area contributed by atoms with Crippen molar-refractivity contribution in [3.63, 3.8) is 0 Å². The molecule has 1 aliphatic heterocycles. The summed E-state index contributed by atoms with van der Waals surface area (Å²) in [5.74, 6) is -0.101. The lowest BCUT2D eigenvalue weighted by Crippen LogP contribution is -2.44. The predicted octanol–water partition coefficient (Wildman–Crippen LogP) is 0.328. The van der Waals surface area contributed by atoms with E-state index in [0.717, 1.165) is 45.6 Å². The number of aliphatic hydroxyl groups is 1. The summed E-state index contributed by atoms with van der Waals surface area (Å²) in [6.45, 7) is 8.95. The second-order valence-electron chi connectivity index (χ2n) is 4.63. The molecule has 1 rings (SSSR count). The second-order valence-corrected chi connectivity index (χ2v) is 4.63. The molecule has 1 aliphatic rings. The quantitative estimate of drug-likeness (QED) is 0.696. The van der Waals surface area contributed by atoms with Crippen molar-refractivity contribution in [3.8, 4) is 0 Å². The second kappa shape index (κ2) is 8.45. The highest BCUT2D eigenvalue weighted by Crippen LogP contribution is 2.11. The van der Waals surface area contributed by atoms with E-state index < -0.39 is 0 Å². The molecule has 0 amide bonds. The van der Waals surface area contributed by atoms with Crippen molar-refractivity contribution in [2.75, 3.05) is 45.9 Å². The zero-order chi connectivity index (χ0) is 13.4. The Balaban J connectivity index is 2.51. The summed E-state index contributed by atoms with van der Waals surface area (Å²) in [6.07, 6.45) is 1.83. The van der Waals surface area contributed by atoms with Crippen molar-refractivity contribution >= 4 is 5.97 Å². The fourth-order valence-corrected chi connectivity index (χ4v) is 2.48. The van der Waals surface area contributed by atoms with Crippen LogP contribution in [0.4, 0.5) is 0 Å². The monoisotopic (exact) mass is 258 g/mol.